The first-order valence-electron chi connectivity index (χ1n) is 6.23. The summed E-state index contributed by atoms with van der Waals surface area (Å²) in [5.74, 6) is 0.194. The number of carbonyl (C=O) groups is 1. The van der Waals surface area contributed by atoms with Gasteiger partial charge >= 0.3 is 5.97 Å². The zero-order chi connectivity index (χ0) is 15.1. The Hall–Kier alpha value is -2.89. The summed E-state index contributed by atoms with van der Waals surface area (Å²) in [6, 6.07) is 14.1. The van der Waals surface area contributed by atoms with Crippen LogP contribution in [0.1, 0.15) is 10.4 Å². The number of hydrogen-bond acceptors (Lipinski definition) is 5. The summed E-state index contributed by atoms with van der Waals surface area (Å²) in [4.78, 5) is 11.6. The van der Waals surface area contributed by atoms with Gasteiger partial charge in [0, 0.05) is 0 Å². The summed E-state index contributed by atoms with van der Waals surface area (Å²) >= 11 is 0. The van der Waals surface area contributed by atoms with Gasteiger partial charge in [-0.1, -0.05) is 29.5 Å². The second-order valence-electron chi connectivity index (χ2n) is 4.02. The first-order chi connectivity index (χ1) is 10.3. The summed E-state index contributed by atoms with van der Waals surface area (Å²) < 4.78 is 9.89. The van der Waals surface area contributed by atoms with E-state index in [0.717, 1.165) is 0 Å². The van der Waals surface area contributed by atoms with Crippen molar-refractivity contribution < 1.29 is 14.3 Å². The Morgan fingerprint density at radius 2 is 1.76 bits per heavy atom. The average molecular weight is 285 g/mol. The van der Waals surface area contributed by atoms with Gasteiger partial charge in [0.2, 0.25) is 0 Å². The molecular formula is C15H15N3O3. The number of nitrogens with zero attached hydrogens (tertiary/aromatic N) is 2. The van der Waals surface area contributed by atoms with Crippen LogP contribution in [0.25, 0.3) is 0 Å². The fraction of sp³-hybridized carbons (Fsp3) is 0.133. The van der Waals surface area contributed by atoms with Crippen molar-refractivity contribution in [3.05, 3.63) is 54.1 Å². The fourth-order valence-corrected chi connectivity index (χ4v) is 1.71. The van der Waals surface area contributed by atoms with Crippen molar-refractivity contribution in [2.75, 3.05) is 19.6 Å². The smallest absolute Gasteiger partial charge is 0.340 e. The van der Waals surface area contributed by atoms with Crippen LogP contribution in [0.5, 0.6) is 5.75 Å². The third-order valence-corrected chi connectivity index (χ3v) is 2.74. The van der Waals surface area contributed by atoms with E-state index in [-0.39, 0.29) is 0 Å². The first kappa shape index (κ1) is 14.5. The van der Waals surface area contributed by atoms with E-state index in [0.29, 0.717) is 22.7 Å². The molecule has 108 valence electrons. The van der Waals surface area contributed by atoms with Gasteiger partial charge in [-0.05, 0) is 24.3 Å². The van der Waals surface area contributed by atoms with Gasteiger partial charge in [0.15, 0.2) is 0 Å². The molecule has 0 fully saturated rings. The van der Waals surface area contributed by atoms with Crippen molar-refractivity contribution in [1.29, 1.82) is 0 Å². The number of rotatable bonds is 5. The monoisotopic (exact) mass is 285 g/mol. The maximum atomic E-state index is 11.6. The van der Waals surface area contributed by atoms with E-state index in [2.05, 4.69) is 15.8 Å². The molecule has 0 unspecified atom stereocenters. The predicted molar refractivity (Wildman–Crippen MR) is 78.9 cm³/mol. The molecule has 0 saturated heterocycles. The van der Waals surface area contributed by atoms with Crippen molar-refractivity contribution in [2.45, 2.75) is 0 Å². The highest BCUT2D eigenvalue weighted by Crippen LogP contribution is 2.24. The van der Waals surface area contributed by atoms with Crippen molar-refractivity contribution >= 4 is 17.3 Å². The van der Waals surface area contributed by atoms with E-state index in [1.165, 1.54) is 7.11 Å². The minimum absolute atomic E-state index is 0.352. The number of esters is 1. The molecule has 2 aromatic carbocycles. The predicted octanol–water partition coefficient (Wildman–Crippen LogP) is 3.59. The molecule has 0 aliphatic rings. The van der Waals surface area contributed by atoms with Crippen LogP contribution in [0.4, 0.5) is 11.4 Å². The Balaban J connectivity index is 2.17. The summed E-state index contributed by atoms with van der Waals surface area (Å²) in [6.07, 6.45) is 0. The molecule has 2 rings (SSSR count). The molecule has 21 heavy (non-hydrogen) atoms. The summed E-state index contributed by atoms with van der Waals surface area (Å²) in [6.45, 7) is 0. The lowest BCUT2D eigenvalue weighted by Crippen LogP contribution is -2.01. The van der Waals surface area contributed by atoms with Crippen molar-refractivity contribution in [3.8, 4) is 5.75 Å². The van der Waals surface area contributed by atoms with Crippen LogP contribution >= 0.6 is 0 Å². The van der Waals surface area contributed by atoms with Gasteiger partial charge in [-0.25, -0.2) is 4.79 Å². The lowest BCUT2D eigenvalue weighted by molar-refractivity contribution is 0.0601. The van der Waals surface area contributed by atoms with E-state index in [1.807, 2.05) is 18.2 Å². The van der Waals surface area contributed by atoms with Crippen LogP contribution in [0.3, 0.4) is 0 Å². The molecule has 2 aromatic rings. The molecule has 0 bridgehead atoms. The minimum atomic E-state index is -0.457. The fourth-order valence-electron chi connectivity index (χ4n) is 1.71. The number of anilines is 1. The minimum Gasteiger partial charge on any atom is -0.495 e. The lowest BCUT2D eigenvalue weighted by atomic mass is 10.2. The van der Waals surface area contributed by atoms with Crippen LogP contribution in [0.2, 0.25) is 0 Å². The molecule has 0 aromatic heterocycles. The number of ether oxygens (including phenoxy) is 2. The van der Waals surface area contributed by atoms with Gasteiger partial charge in [0.05, 0.1) is 25.5 Å². The molecule has 6 heteroatoms. The third kappa shape index (κ3) is 3.56. The highest BCUT2D eigenvalue weighted by Gasteiger charge is 2.10. The first-order valence-corrected chi connectivity index (χ1v) is 6.23. The van der Waals surface area contributed by atoms with Crippen LogP contribution in [0.15, 0.2) is 58.9 Å². The largest absolute Gasteiger partial charge is 0.495 e. The van der Waals surface area contributed by atoms with E-state index in [4.69, 9.17) is 9.47 Å². The van der Waals surface area contributed by atoms with Gasteiger partial charge < -0.3 is 9.47 Å². The highest BCUT2D eigenvalue weighted by molar-refractivity contribution is 5.94. The van der Waals surface area contributed by atoms with Crippen LogP contribution in [-0.2, 0) is 4.74 Å². The molecular weight excluding hydrogens is 270 g/mol. The van der Waals surface area contributed by atoms with E-state index in [9.17, 15) is 4.79 Å². The number of para-hydroxylation sites is 2. The molecule has 0 spiro atoms. The van der Waals surface area contributed by atoms with Crippen LogP contribution in [-0.4, -0.2) is 20.2 Å². The number of carbonyl (C=O) groups excluding carboxylic acids is 1. The number of methoxy groups -OCH3 is 2. The normalized spacial score (nSPS) is 10.4. The van der Waals surface area contributed by atoms with Gasteiger partial charge in [-0.3, -0.25) is 5.43 Å². The molecule has 0 aliphatic heterocycles. The Labute approximate surface area is 122 Å². The maximum absolute atomic E-state index is 11.6. The molecule has 0 saturated carbocycles. The Morgan fingerprint density at radius 3 is 2.52 bits per heavy atom. The number of hydrogen-bond donors (Lipinski definition) is 1. The van der Waals surface area contributed by atoms with Gasteiger partial charge in [-0.2, -0.15) is 0 Å². The maximum Gasteiger partial charge on any atom is 0.340 e. The standard InChI is InChI=1S/C15H15N3O3/c1-20-14-10-6-5-9-13(14)17-18-16-12-8-4-3-7-11(12)15(19)21-2/h3-10H,1-2H3,(H,16,17). The Kier molecular flexibility index (Phi) is 4.87. The van der Waals surface area contributed by atoms with E-state index in [1.54, 1.807) is 37.4 Å². The zero-order valence-electron chi connectivity index (χ0n) is 11.7. The van der Waals surface area contributed by atoms with Crippen molar-refractivity contribution in [1.82, 2.24) is 0 Å². The SMILES string of the molecule is COC(=O)c1ccccc1N=NNc1ccccc1OC. The summed E-state index contributed by atoms with van der Waals surface area (Å²) in [5, 5.41) is 7.89. The molecule has 6 nitrogen and oxygen atoms in total. The molecule has 1 N–H and O–H groups in total. The molecule has 0 amide bonds. The van der Waals surface area contributed by atoms with Crippen LogP contribution in [0, 0.1) is 0 Å². The van der Waals surface area contributed by atoms with Gasteiger partial charge in [0.25, 0.3) is 0 Å². The average Bonchev–Trinajstić information content (AvgIpc) is 2.55. The summed E-state index contributed by atoms with van der Waals surface area (Å²) in [5.41, 5.74) is 4.23. The zero-order valence-corrected chi connectivity index (χ0v) is 11.7. The van der Waals surface area contributed by atoms with Gasteiger partial charge in [0.1, 0.15) is 11.4 Å². The number of nitrogens with one attached hydrogen (secondary N) is 1. The topological polar surface area (TPSA) is 72.3 Å². The Bertz CT molecular complexity index is 656. The van der Waals surface area contributed by atoms with Crippen molar-refractivity contribution in [2.24, 2.45) is 10.3 Å². The van der Waals surface area contributed by atoms with Crippen LogP contribution < -0.4 is 10.2 Å². The van der Waals surface area contributed by atoms with E-state index < -0.39 is 5.97 Å². The Morgan fingerprint density at radius 1 is 1.05 bits per heavy atom. The second-order valence-corrected chi connectivity index (χ2v) is 4.02. The van der Waals surface area contributed by atoms with Crippen molar-refractivity contribution in [3.63, 3.8) is 0 Å². The second kappa shape index (κ2) is 7.04. The third-order valence-electron chi connectivity index (χ3n) is 2.74. The van der Waals surface area contributed by atoms with E-state index >= 15 is 0 Å². The summed E-state index contributed by atoms with van der Waals surface area (Å²) in [7, 11) is 2.90. The molecule has 0 radical (unpaired) electrons. The lowest BCUT2D eigenvalue weighted by Gasteiger charge is -2.06. The molecule has 0 aliphatic carbocycles. The highest BCUT2D eigenvalue weighted by atomic mass is 16.5. The molecule has 0 heterocycles. The van der Waals surface area contributed by atoms with Gasteiger partial charge in [-0.15, -0.1) is 5.11 Å². The quantitative estimate of drug-likeness (QED) is 0.517. The number of benzene rings is 2. The molecule has 0 atom stereocenters.